The molecule has 0 radical (unpaired) electrons. The van der Waals surface area contributed by atoms with E-state index in [2.05, 4.69) is 9.88 Å². The number of pyridine rings is 1. The second kappa shape index (κ2) is 5.54. The molecule has 3 nitrogen and oxygen atoms in total. The van der Waals surface area contributed by atoms with E-state index in [9.17, 15) is 8.78 Å². The SMILES string of the molecule is Fc1ccc(F)c(-c2cccc(N3CCOCC3)n2)c1. The second-order valence-electron chi connectivity index (χ2n) is 4.60. The molecular weight excluding hydrogens is 262 g/mol. The van der Waals surface area contributed by atoms with Crippen molar-refractivity contribution in [3.05, 3.63) is 48.0 Å². The second-order valence-corrected chi connectivity index (χ2v) is 4.60. The van der Waals surface area contributed by atoms with E-state index in [0.717, 1.165) is 31.0 Å². The van der Waals surface area contributed by atoms with Gasteiger partial charge in [-0.3, -0.25) is 0 Å². The maximum absolute atomic E-state index is 13.8. The molecule has 2 heterocycles. The molecule has 1 aromatic heterocycles. The Labute approximate surface area is 115 Å². The van der Waals surface area contributed by atoms with Crippen LogP contribution in [0.25, 0.3) is 11.3 Å². The maximum atomic E-state index is 13.8. The number of hydrogen-bond acceptors (Lipinski definition) is 3. The third-order valence-corrected chi connectivity index (χ3v) is 3.27. The van der Waals surface area contributed by atoms with Crippen molar-refractivity contribution in [2.24, 2.45) is 0 Å². The van der Waals surface area contributed by atoms with Crippen molar-refractivity contribution in [1.29, 1.82) is 0 Å². The lowest BCUT2D eigenvalue weighted by molar-refractivity contribution is 0.122. The Hall–Kier alpha value is -2.01. The Kier molecular flexibility index (Phi) is 3.60. The summed E-state index contributed by atoms with van der Waals surface area (Å²) in [5.74, 6) is -0.188. The minimum atomic E-state index is -0.474. The van der Waals surface area contributed by atoms with E-state index in [1.54, 1.807) is 12.1 Å². The molecule has 1 aliphatic heterocycles. The number of benzene rings is 1. The van der Waals surface area contributed by atoms with Gasteiger partial charge in [-0.2, -0.15) is 0 Å². The van der Waals surface area contributed by atoms with Gasteiger partial charge < -0.3 is 9.64 Å². The Bertz CT molecular complexity index is 613. The van der Waals surface area contributed by atoms with Crippen molar-refractivity contribution in [1.82, 2.24) is 4.98 Å². The van der Waals surface area contributed by atoms with Crippen LogP contribution in [-0.2, 0) is 4.74 Å². The van der Waals surface area contributed by atoms with E-state index < -0.39 is 11.6 Å². The van der Waals surface area contributed by atoms with Crippen LogP contribution >= 0.6 is 0 Å². The summed E-state index contributed by atoms with van der Waals surface area (Å²) >= 11 is 0. The summed E-state index contributed by atoms with van der Waals surface area (Å²) < 4.78 is 32.3. The van der Waals surface area contributed by atoms with Crippen molar-refractivity contribution in [2.45, 2.75) is 0 Å². The Balaban J connectivity index is 1.96. The standard InChI is InChI=1S/C15H14F2N2O/c16-11-4-5-13(17)12(10-11)14-2-1-3-15(18-14)19-6-8-20-9-7-19/h1-5,10H,6-9H2. The molecule has 1 saturated heterocycles. The third-order valence-electron chi connectivity index (χ3n) is 3.27. The Morgan fingerprint density at radius 1 is 1.05 bits per heavy atom. The van der Waals surface area contributed by atoms with Gasteiger partial charge in [0.1, 0.15) is 17.5 Å². The predicted octanol–water partition coefficient (Wildman–Crippen LogP) is 2.86. The molecule has 0 amide bonds. The third kappa shape index (κ3) is 2.63. The molecular formula is C15H14F2N2O. The molecule has 20 heavy (non-hydrogen) atoms. The van der Waals surface area contributed by atoms with Crippen LogP contribution < -0.4 is 4.90 Å². The quantitative estimate of drug-likeness (QED) is 0.843. The monoisotopic (exact) mass is 276 g/mol. The summed E-state index contributed by atoms with van der Waals surface area (Å²) in [6.07, 6.45) is 0. The fourth-order valence-corrected chi connectivity index (χ4v) is 2.24. The molecule has 1 aromatic carbocycles. The first-order valence-corrected chi connectivity index (χ1v) is 6.49. The number of halogens is 2. The summed E-state index contributed by atoms with van der Waals surface area (Å²) in [5.41, 5.74) is 0.617. The van der Waals surface area contributed by atoms with E-state index in [1.165, 1.54) is 6.07 Å². The highest BCUT2D eigenvalue weighted by atomic mass is 19.1. The van der Waals surface area contributed by atoms with E-state index >= 15 is 0 Å². The molecule has 0 N–H and O–H groups in total. The number of ether oxygens (including phenoxy) is 1. The zero-order chi connectivity index (χ0) is 13.9. The summed E-state index contributed by atoms with van der Waals surface area (Å²) in [4.78, 5) is 6.51. The molecule has 1 aliphatic rings. The summed E-state index contributed by atoms with van der Waals surface area (Å²) in [6.45, 7) is 2.81. The summed E-state index contributed by atoms with van der Waals surface area (Å²) in [6, 6.07) is 8.74. The molecule has 0 atom stereocenters. The highest BCUT2D eigenvalue weighted by Gasteiger charge is 2.14. The lowest BCUT2D eigenvalue weighted by Crippen LogP contribution is -2.36. The zero-order valence-corrected chi connectivity index (χ0v) is 10.9. The fourth-order valence-electron chi connectivity index (χ4n) is 2.24. The van der Waals surface area contributed by atoms with Crippen LogP contribution in [0.15, 0.2) is 36.4 Å². The molecule has 1 fully saturated rings. The highest BCUT2D eigenvalue weighted by molar-refractivity contribution is 5.62. The van der Waals surface area contributed by atoms with E-state index in [1.807, 2.05) is 6.07 Å². The zero-order valence-electron chi connectivity index (χ0n) is 10.9. The molecule has 3 rings (SSSR count). The number of rotatable bonds is 2. The largest absolute Gasteiger partial charge is 0.378 e. The minimum absolute atomic E-state index is 0.181. The van der Waals surface area contributed by atoms with Crippen LogP contribution in [0, 0.1) is 11.6 Å². The molecule has 104 valence electrons. The van der Waals surface area contributed by atoms with Crippen molar-refractivity contribution < 1.29 is 13.5 Å². The van der Waals surface area contributed by atoms with Crippen molar-refractivity contribution in [3.63, 3.8) is 0 Å². The van der Waals surface area contributed by atoms with Gasteiger partial charge >= 0.3 is 0 Å². The van der Waals surface area contributed by atoms with Gasteiger partial charge in [0.05, 0.1) is 18.9 Å². The van der Waals surface area contributed by atoms with Crippen LogP contribution in [0.4, 0.5) is 14.6 Å². The minimum Gasteiger partial charge on any atom is -0.378 e. The first-order valence-electron chi connectivity index (χ1n) is 6.49. The first-order chi connectivity index (χ1) is 9.74. The summed E-state index contributed by atoms with van der Waals surface area (Å²) in [5, 5.41) is 0. The number of aromatic nitrogens is 1. The molecule has 0 aliphatic carbocycles. The van der Waals surface area contributed by atoms with Crippen molar-refractivity contribution >= 4 is 5.82 Å². The van der Waals surface area contributed by atoms with Crippen molar-refractivity contribution in [2.75, 3.05) is 31.2 Å². The Morgan fingerprint density at radius 3 is 2.65 bits per heavy atom. The fraction of sp³-hybridized carbons (Fsp3) is 0.267. The lowest BCUT2D eigenvalue weighted by Gasteiger charge is -2.28. The van der Waals surface area contributed by atoms with Crippen LogP contribution in [0.1, 0.15) is 0 Å². The number of nitrogens with zero attached hydrogens (tertiary/aromatic N) is 2. The van der Waals surface area contributed by atoms with E-state index in [4.69, 9.17) is 4.74 Å². The maximum Gasteiger partial charge on any atom is 0.132 e. The smallest absolute Gasteiger partial charge is 0.132 e. The summed E-state index contributed by atoms with van der Waals surface area (Å²) in [7, 11) is 0. The van der Waals surface area contributed by atoms with Crippen molar-refractivity contribution in [3.8, 4) is 11.3 Å². The van der Waals surface area contributed by atoms with Gasteiger partial charge in [0.25, 0.3) is 0 Å². The number of morpholine rings is 1. The van der Waals surface area contributed by atoms with Crippen LogP contribution in [-0.4, -0.2) is 31.3 Å². The highest BCUT2D eigenvalue weighted by Crippen LogP contribution is 2.24. The van der Waals surface area contributed by atoms with Gasteiger partial charge in [0, 0.05) is 18.7 Å². The molecule has 5 heteroatoms. The topological polar surface area (TPSA) is 25.4 Å². The molecule has 2 aromatic rings. The Morgan fingerprint density at radius 2 is 1.85 bits per heavy atom. The van der Waals surface area contributed by atoms with E-state index in [0.29, 0.717) is 18.9 Å². The normalized spacial score (nSPS) is 15.4. The molecule has 0 bridgehead atoms. The average Bonchev–Trinajstić information content (AvgIpc) is 2.51. The molecule has 0 spiro atoms. The molecule has 0 unspecified atom stereocenters. The predicted molar refractivity (Wildman–Crippen MR) is 72.6 cm³/mol. The van der Waals surface area contributed by atoms with Crippen LogP contribution in [0.2, 0.25) is 0 Å². The molecule has 0 saturated carbocycles. The van der Waals surface area contributed by atoms with E-state index in [-0.39, 0.29) is 5.56 Å². The van der Waals surface area contributed by atoms with Crippen LogP contribution in [0.3, 0.4) is 0 Å². The van der Waals surface area contributed by atoms with Gasteiger partial charge in [-0.15, -0.1) is 0 Å². The number of hydrogen-bond donors (Lipinski definition) is 0. The van der Waals surface area contributed by atoms with Crippen LogP contribution in [0.5, 0.6) is 0 Å². The number of anilines is 1. The van der Waals surface area contributed by atoms with Gasteiger partial charge in [0.15, 0.2) is 0 Å². The van der Waals surface area contributed by atoms with Gasteiger partial charge in [-0.25, -0.2) is 13.8 Å². The lowest BCUT2D eigenvalue weighted by atomic mass is 10.1. The average molecular weight is 276 g/mol. The first kappa shape index (κ1) is 13.0. The van der Waals surface area contributed by atoms with Gasteiger partial charge in [-0.1, -0.05) is 6.07 Å². The van der Waals surface area contributed by atoms with Gasteiger partial charge in [-0.05, 0) is 30.3 Å². The van der Waals surface area contributed by atoms with Gasteiger partial charge in [0.2, 0.25) is 0 Å².